The molecule has 1 N–H and O–H groups in total. The number of hydrogen-bond donors (Lipinski definition) is 1. The van der Waals surface area contributed by atoms with E-state index in [4.69, 9.17) is 4.98 Å². The fraction of sp³-hybridized carbons (Fsp3) is 0.435. The molecule has 0 aliphatic rings. The maximum Gasteiger partial charge on any atom is 0.133 e. The van der Waals surface area contributed by atoms with E-state index >= 15 is 0 Å². The van der Waals surface area contributed by atoms with Crippen LogP contribution in [0.4, 0.5) is 8.78 Å². The minimum atomic E-state index is -0.634. The lowest BCUT2D eigenvalue weighted by Gasteiger charge is -2.23. The van der Waals surface area contributed by atoms with Gasteiger partial charge in [0, 0.05) is 34.0 Å². The highest BCUT2D eigenvalue weighted by molar-refractivity contribution is 5.80. The normalized spacial score (nSPS) is 11.9. The summed E-state index contributed by atoms with van der Waals surface area (Å²) in [7, 11) is 0. The van der Waals surface area contributed by atoms with Gasteiger partial charge in [0.15, 0.2) is 0 Å². The summed E-state index contributed by atoms with van der Waals surface area (Å²) in [4.78, 5) is 4.85. The van der Waals surface area contributed by atoms with Crippen LogP contribution >= 0.6 is 0 Å². The molecule has 0 atom stereocenters. The highest BCUT2D eigenvalue weighted by atomic mass is 19.1. The van der Waals surface area contributed by atoms with E-state index in [1.807, 2.05) is 39.8 Å². The molecule has 1 heterocycles. The molecule has 1 aromatic carbocycles. The molecule has 0 spiro atoms. The monoisotopic (exact) mass is 373 g/mol. The zero-order chi connectivity index (χ0) is 20.1. The maximum atomic E-state index is 14.7. The summed E-state index contributed by atoms with van der Waals surface area (Å²) in [6.07, 6.45) is 5.90. The van der Waals surface area contributed by atoms with Crippen molar-refractivity contribution in [1.29, 1.82) is 0 Å². The SMILES string of the molecule is CCC/C=C/c1c(C(C)C)nc(C(C)C)c(CO)c1-c1ccc(F)cc1F. The first-order chi connectivity index (χ1) is 12.8. The van der Waals surface area contributed by atoms with Crippen LogP contribution in [0.25, 0.3) is 17.2 Å². The molecule has 4 heteroatoms. The van der Waals surface area contributed by atoms with Crippen LogP contribution < -0.4 is 0 Å². The van der Waals surface area contributed by atoms with Crippen molar-refractivity contribution in [2.24, 2.45) is 0 Å². The fourth-order valence-corrected chi connectivity index (χ4v) is 3.29. The number of rotatable bonds is 7. The van der Waals surface area contributed by atoms with E-state index in [2.05, 4.69) is 6.92 Å². The van der Waals surface area contributed by atoms with Crippen molar-refractivity contribution in [3.63, 3.8) is 0 Å². The molecule has 0 amide bonds. The Labute approximate surface area is 161 Å². The Bertz CT molecular complexity index is 826. The Balaban J connectivity index is 2.94. The van der Waals surface area contributed by atoms with E-state index in [0.717, 1.165) is 35.9 Å². The third kappa shape index (κ3) is 4.62. The number of nitrogens with zero attached hydrogens (tertiary/aromatic N) is 1. The summed E-state index contributed by atoms with van der Waals surface area (Å²) in [5.74, 6) is -1.06. The van der Waals surface area contributed by atoms with Gasteiger partial charge in [0.25, 0.3) is 0 Å². The molecule has 0 aliphatic carbocycles. The predicted molar refractivity (Wildman–Crippen MR) is 108 cm³/mol. The molecule has 1 aromatic heterocycles. The molecule has 0 radical (unpaired) electrons. The molecule has 0 saturated heterocycles. The van der Waals surface area contributed by atoms with Crippen LogP contribution in [0.1, 0.15) is 81.8 Å². The number of aliphatic hydroxyl groups excluding tert-OH is 1. The van der Waals surface area contributed by atoms with Crippen molar-refractivity contribution in [3.05, 3.63) is 58.4 Å². The van der Waals surface area contributed by atoms with Crippen LogP contribution in [-0.4, -0.2) is 10.1 Å². The number of hydrogen-bond acceptors (Lipinski definition) is 2. The minimum Gasteiger partial charge on any atom is -0.392 e. The second-order valence-corrected chi connectivity index (χ2v) is 7.43. The Morgan fingerprint density at radius 3 is 2.26 bits per heavy atom. The highest BCUT2D eigenvalue weighted by Crippen LogP contribution is 2.38. The highest BCUT2D eigenvalue weighted by Gasteiger charge is 2.24. The number of allylic oxidation sites excluding steroid dienone is 1. The third-order valence-electron chi connectivity index (χ3n) is 4.59. The lowest BCUT2D eigenvalue weighted by Crippen LogP contribution is -2.11. The maximum absolute atomic E-state index is 14.7. The Kier molecular flexibility index (Phi) is 7.25. The van der Waals surface area contributed by atoms with Crippen molar-refractivity contribution in [1.82, 2.24) is 4.98 Å². The first kappa shape index (κ1) is 21.2. The molecule has 146 valence electrons. The number of aromatic nitrogens is 1. The molecule has 0 bridgehead atoms. The Morgan fingerprint density at radius 2 is 1.74 bits per heavy atom. The van der Waals surface area contributed by atoms with E-state index in [1.165, 1.54) is 12.1 Å². The van der Waals surface area contributed by atoms with Gasteiger partial charge in [-0.15, -0.1) is 0 Å². The fourth-order valence-electron chi connectivity index (χ4n) is 3.29. The molecular weight excluding hydrogens is 344 g/mol. The standard InChI is InChI=1S/C23H29F2NO/c1-6-7-8-9-18-21(17-11-10-16(24)12-20(17)25)19(13-27)23(15(4)5)26-22(18)14(2)3/h8-12,14-15,27H,6-7,13H2,1-5H3/b9-8+. The molecule has 2 aromatic rings. The summed E-state index contributed by atoms with van der Waals surface area (Å²) < 4.78 is 28.2. The summed E-state index contributed by atoms with van der Waals surface area (Å²) in [5.41, 5.74) is 3.94. The molecular formula is C23H29F2NO. The van der Waals surface area contributed by atoms with Gasteiger partial charge in [0.2, 0.25) is 0 Å². The lowest BCUT2D eigenvalue weighted by molar-refractivity contribution is 0.280. The van der Waals surface area contributed by atoms with Gasteiger partial charge in [-0.05, 0) is 30.4 Å². The molecule has 27 heavy (non-hydrogen) atoms. The minimum absolute atomic E-state index is 0.0700. The molecule has 0 aliphatic heterocycles. The van der Waals surface area contributed by atoms with Gasteiger partial charge < -0.3 is 5.11 Å². The van der Waals surface area contributed by atoms with Crippen LogP contribution in [0, 0.1) is 11.6 Å². The van der Waals surface area contributed by atoms with Gasteiger partial charge in [-0.2, -0.15) is 0 Å². The van der Waals surface area contributed by atoms with Crippen molar-refractivity contribution in [2.75, 3.05) is 0 Å². The van der Waals surface area contributed by atoms with Gasteiger partial charge >= 0.3 is 0 Å². The molecule has 2 nitrogen and oxygen atoms in total. The quantitative estimate of drug-likeness (QED) is 0.595. The van der Waals surface area contributed by atoms with Crippen LogP contribution in [0.2, 0.25) is 0 Å². The van der Waals surface area contributed by atoms with Crippen molar-refractivity contribution >= 4 is 6.08 Å². The predicted octanol–water partition coefficient (Wildman–Crippen LogP) is 6.58. The lowest BCUT2D eigenvalue weighted by atomic mass is 9.87. The van der Waals surface area contributed by atoms with Crippen molar-refractivity contribution < 1.29 is 13.9 Å². The number of aliphatic hydroxyl groups is 1. The number of unbranched alkanes of at least 4 members (excludes halogenated alkanes) is 1. The number of halogens is 2. The summed E-state index contributed by atoms with van der Waals surface area (Å²) in [6.45, 7) is 9.94. The summed E-state index contributed by atoms with van der Waals surface area (Å²) in [6, 6.07) is 3.59. The smallest absolute Gasteiger partial charge is 0.133 e. The first-order valence-electron chi connectivity index (χ1n) is 9.61. The first-order valence-corrected chi connectivity index (χ1v) is 9.61. The largest absolute Gasteiger partial charge is 0.392 e. The van der Waals surface area contributed by atoms with Crippen LogP contribution in [0.3, 0.4) is 0 Å². The summed E-state index contributed by atoms with van der Waals surface area (Å²) >= 11 is 0. The zero-order valence-electron chi connectivity index (χ0n) is 16.8. The van der Waals surface area contributed by atoms with E-state index < -0.39 is 11.6 Å². The Hall–Kier alpha value is -2.07. The van der Waals surface area contributed by atoms with E-state index in [-0.39, 0.29) is 18.4 Å². The third-order valence-corrected chi connectivity index (χ3v) is 4.59. The van der Waals surface area contributed by atoms with Gasteiger partial charge in [-0.25, -0.2) is 8.78 Å². The molecule has 0 fully saturated rings. The van der Waals surface area contributed by atoms with Gasteiger partial charge in [-0.1, -0.05) is 53.2 Å². The van der Waals surface area contributed by atoms with E-state index in [9.17, 15) is 13.9 Å². The van der Waals surface area contributed by atoms with Gasteiger partial charge in [0.1, 0.15) is 11.6 Å². The van der Waals surface area contributed by atoms with Crippen LogP contribution in [0.5, 0.6) is 0 Å². The molecule has 0 saturated carbocycles. The molecule has 2 rings (SSSR count). The second kappa shape index (κ2) is 9.23. The number of pyridine rings is 1. The molecule has 0 unspecified atom stereocenters. The van der Waals surface area contributed by atoms with E-state index in [0.29, 0.717) is 16.7 Å². The zero-order valence-corrected chi connectivity index (χ0v) is 16.8. The Morgan fingerprint density at radius 1 is 1.07 bits per heavy atom. The van der Waals surface area contributed by atoms with E-state index in [1.54, 1.807) is 0 Å². The second-order valence-electron chi connectivity index (χ2n) is 7.43. The average Bonchev–Trinajstić information content (AvgIpc) is 2.61. The topological polar surface area (TPSA) is 33.1 Å². The number of benzene rings is 1. The average molecular weight is 373 g/mol. The van der Waals surface area contributed by atoms with Gasteiger partial charge in [-0.3, -0.25) is 4.98 Å². The van der Waals surface area contributed by atoms with Crippen molar-refractivity contribution in [3.8, 4) is 11.1 Å². The van der Waals surface area contributed by atoms with Crippen LogP contribution in [-0.2, 0) is 6.61 Å². The van der Waals surface area contributed by atoms with Gasteiger partial charge in [0.05, 0.1) is 12.3 Å². The van der Waals surface area contributed by atoms with Crippen molar-refractivity contribution in [2.45, 2.75) is 65.9 Å². The van der Waals surface area contributed by atoms with Crippen LogP contribution in [0.15, 0.2) is 24.3 Å². The summed E-state index contributed by atoms with van der Waals surface area (Å²) in [5, 5.41) is 10.1.